The van der Waals surface area contributed by atoms with Gasteiger partial charge in [0.2, 0.25) is 0 Å². The van der Waals surface area contributed by atoms with Crippen LogP contribution in [0.25, 0.3) is 5.69 Å². The molecule has 0 aliphatic carbocycles. The second-order valence-corrected chi connectivity index (χ2v) is 6.13. The van der Waals surface area contributed by atoms with Crippen molar-refractivity contribution in [2.24, 2.45) is 12.2 Å². The molecule has 3 rings (SSSR count). The molecule has 29 heavy (non-hydrogen) atoms. The van der Waals surface area contributed by atoms with Crippen LogP contribution in [0.15, 0.2) is 67.8 Å². The number of aromatic nitrogens is 2. The summed E-state index contributed by atoms with van der Waals surface area (Å²) in [6.45, 7) is 1.39. The van der Waals surface area contributed by atoms with E-state index in [1.165, 1.54) is 26.1 Å². The van der Waals surface area contributed by atoms with Gasteiger partial charge in [0.15, 0.2) is 0 Å². The molecule has 0 bridgehead atoms. The average Bonchev–Trinajstić information content (AvgIpc) is 2.93. The smallest absolute Gasteiger partial charge is 0.391 e. The lowest BCUT2D eigenvalue weighted by Gasteiger charge is -2.09. The van der Waals surface area contributed by atoms with Crippen molar-refractivity contribution >= 4 is 5.71 Å². The summed E-state index contributed by atoms with van der Waals surface area (Å²) in [6, 6.07) is 11.2. The first kappa shape index (κ1) is 20.2. The van der Waals surface area contributed by atoms with Crippen molar-refractivity contribution in [3.63, 3.8) is 0 Å². The van der Waals surface area contributed by atoms with Gasteiger partial charge in [-0.15, -0.1) is 0 Å². The molecule has 3 aromatic rings. The van der Waals surface area contributed by atoms with Gasteiger partial charge in [-0.05, 0) is 30.7 Å². The van der Waals surface area contributed by atoms with Crippen LogP contribution >= 0.6 is 0 Å². The number of alkyl halides is 3. The van der Waals surface area contributed by atoms with E-state index < -0.39 is 23.2 Å². The average molecular weight is 407 g/mol. The van der Waals surface area contributed by atoms with Crippen LogP contribution in [0.1, 0.15) is 23.6 Å². The first-order valence-corrected chi connectivity index (χ1v) is 8.40. The number of para-hydroxylation sites is 1. The van der Waals surface area contributed by atoms with E-state index in [1.807, 2.05) is 0 Å². The van der Waals surface area contributed by atoms with E-state index in [-0.39, 0.29) is 23.6 Å². The standard InChI is InChI=1S/C19H16F3N3O4/c1-12(13-7-5-8-15(10-13)19(20,21)22)23-28-11-14-6-3-4-9-16(14)25-17(26)24(2)29-18(25)27/h3-10H,11H2,1-2H3/b23-12-. The molecule has 0 saturated heterocycles. The summed E-state index contributed by atoms with van der Waals surface area (Å²) in [6.07, 6.45) is -4.46. The Kier molecular flexibility index (Phi) is 5.44. The van der Waals surface area contributed by atoms with Gasteiger partial charge >= 0.3 is 17.6 Å². The number of benzene rings is 2. The lowest BCUT2D eigenvalue weighted by molar-refractivity contribution is -0.137. The van der Waals surface area contributed by atoms with Crippen molar-refractivity contribution in [3.8, 4) is 5.69 Å². The third kappa shape index (κ3) is 4.31. The normalized spacial score (nSPS) is 12.2. The van der Waals surface area contributed by atoms with Gasteiger partial charge in [-0.3, -0.25) is 0 Å². The third-order valence-electron chi connectivity index (χ3n) is 4.12. The minimum Gasteiger partial charge on any atom is -0.391 e. The van der Waals surface area contributed by atoms with Crippen molar-refractivity contribution in [1.29, 1.82) is 0 Å². The first-order chi connectivity index (χ1) is 13.7. The Morgan fingerprint density at radius 1 is 1.14 bits per heavy atom. The Morgan fingerprint density at radius 2 is 1.86 bits per heavy atom. The van der Waals surface area contributed by atoms with Crippen LogP contribution in [0.2, 0.25) is 0 Å². The number of rotatable bonds is 5. The van der Waals surface area contributed by atoms with E-state index in [9.17, 15) is 22.8 Å². The van der Waals surface area contributed by atoms with Crippen LogP contribution in [-0.2, 0) is 24.7 Å². The number of oxime groups is 1. The SMILES string of the molecule is C/C(=N/OCc1ccccc1-n1c(=O)on(C)c1=O)c1cccc(C(F)(F)F)c1. The maximum absolute atomic E-state index is 12.8. The maximum atomic E-state index is 12.8. The molecular formula is C19H16F3N3O4. The fraction of sp³-hybridized carbons (Fsp3) is 0.211. The summed E-state index contributed by atoms with van der Waals surface area (Å²) < 4.78 is 44.9. The van der Waals surface area contributed by atoms with Gasteiger partial charge in [-0.1, -0.05) is 35.5 Å². The summed E-state index contributed by atoms with van der Waals surface area (Å²) in [4.78, 5) is 29.3. The Hall–Kier alpha value is -3.56. The van der Waals surface area contributed by atoms with E-state index in [2.05, 4.69) is 5.16 Å². The zero-order valence-corrected chi connectivity index (χ0v) is 15.4. The molecule has 0 aliphatic rings. The molecule has 0 aliphatic heterocycles. The highest BCUT2D eigenvalue weighted by Crippen LogP contribution is 2.29. The second-order valence-electron chi connectivity index (χ2n) is 6.13. The van der Waals surface area contributed by atoms with Gasteiger partial charge in [0.1, 0.15) is 6.61 Å². The minimum atomic E-state index is -4.46. The van der Waals surface area contributed by atoms with Gasteiger partial charge in [0.25, 0.3) is 0 Å². The minimum absolute atomic E-state index is 0.118. The molecule has 0 N–H and O–H groups in total. The van der Waals surface area contributed by atoms with Gasteiger partial charge in [-0.2, -0.15) is 22.5 Å². The number of nitrogens with zero attached hydrogens (tertiary/aromatic N) is 3. The molecule has 0 amide bonds. The molecule has 0 unspecified atom stereocenters. The first-order valence-electron chi connectivity index (χ1n) is 8.40. The quantitative estimate of drug-likeness (QED) is 0.481. The monoisotopic (exact) mass is 407 g/mol. The molecular weight excluding hydrogens is 391 g/mol. The second kappa shape index (κ2) is 7.82. The van der Waals surface area contributed by atoms with Crippen LogP contribution in [0.5, 0.6) is 0 Å². The van der Waals surface area contributed by atoms with Crippen molar-refractivity contribution in [2.45, 2.75) is 19.7 Å². The molecule has 10 heteroatoms. The van der Waals surface area contributed by atoms with E-state index in [4.69, 9.17) is 9.36 Å². The Morgan fingerprint density at radius 3 is 2.52 bits per heavy atom. The summed E-state index contributed by atoms with van der Waals surface area (Å²) >= 11 is 0. The fourth-order valence-corrected chi connectivity index (χ4v) is 2.64. The van der Waals surface area contributed by atoms with Gasteiger partial charge < -0.3 is 9.36 Å². The van der Waals surface area contributed by atoms with Crippen molar-refractivity contribution in [3.05, 3.63) is 86.3 Å². The van der Waals surface area contributed by atoms with E-state index in [0.29, 0.717) is 5.56 Å². The molecule has 1 heterocycles. The van der Waals surface area contributed by atoms with Crippen LogP contribution in [-0.4, -0.2) is 15.0 Å². The zero-order valence-electron chi connectivity index (χ0n) is 15.4. The predicted molar refractivity (Wildman–Crippen MR) is 98.0 cm³/mol. The highest BCUT2D eigenvalue weighted by molar-refractivity contribution is 5.98. The van der Waals surface area contributed by atoms with Crippen molar-refractivity contribution in [2.75, 3.05) is 0 Å². The fourth-order valence-electron chi connectivity index (χ4n) is 2.64. The highest BCUT2D eigenvalue weighted by Gasteiger charge is 2.30. The number of halogens is 3. The summed E-state index contributed by atoms with van der Waals surface area (Å²) in [5.41, 5.74) is -0.221. The summed E-state index contributed by atoms with van der Waals surface area (Å²) in [5, 5.41) is 3.85. The molecule has 1 aromatic heterocycles. The maximum Gasteiger partial charge on any atom is 0.447 e. The molecule has 0 spiro atoms. The molecule has 2 aromatic carbocycles. The molecule has 152 valence electrons. The number of hydrogen-bond donors (Lipinski definition) is 0. The van der Waals surface area contributed by atoms with E-state index >= 15 is 0 Å². The van der Waals surface area contributed by atoms with E-state index in [1.54, 1.807) is 24.3 Å². The van der Waals surface area contributed by atoms with Crippen molar-refractivity contribution < 1.29 is 22.5 Å². The van der Waals surface area contributed by atoms with Gasteiger partial charge in [0, 0.05) is 5.56 Å². The lowest BCUT2D eigenvalue weighted by Crippen LogP contribution is -2.27. The van der Waals surface area contributed by atoms with Crippen molar-refractivity contribution in [1.82, 2.24) is 9.31 Å². The highest BCUT2D eigenvalue weighted by atomic mass is 19.4. The Labute approximate surface area is 162 Å². The molecule has 0 atom stereocenters. The summed E-state index contributed by atoms with van der Waals surface area (Å²) in [7, 11) is 1.31. The molecule has 0 radical (unpaired) electrons. The lowest BCUT2D eigenvalue weighted by atomic mass is 10.1. The zero-order chi connectivity index (χ0) is 21.2. The van der Waals surface area contributed by atoms with Crippen LogP contribution in [0.3, 0.4) is 0 Å². The van der Waals surface area contributed by atoms with Crippen LogP contribution in [0.4, 0.5) is 13.2 Å². The third-order valence-corrected chi connectivity index (χ3v) is 4.12. The molecule has 7 nitrogen and oxygen atoms in total. The van der Waals surface area contributed by atoms with Crippen LogP contribution < -0.4 is 11.4 Å². The Balaban J connectivity index is 1.83. The van der Waals surface area contributed by atoms with E-state index in [0.717, 1.165) is 21.4 Å². The Bertz CT molecular complexity index is 1170. The molecule has 0 fully saturated rings. The number of aryl methyl sites for hydroxylation is 1. The largest absolute Gasteiger partial charge is 0.447 e. The van der Waals surface area contributed by atoms with Gasteiger partial charge in [0.05, 0.1) is 24.0 Å². The number of hydrogen-bond acceptors (Lipinski definition) is 5. The molecule has 0 saturated carbocycles. The van der Waals surface area contributed by atoms with Crippen LogP contribution in [0, 0.1) is 0 Å². The van der Waals surface area contributed by atoms with Gasteiger partial charge in [-0.25, -0.2) is 9.59 Å². The summed E-state index contributed by atoms with van der Waals surface area (Å²) in [5.74, 6) is -0.853. The predicted octanol–water partition coefficient (Wildman–Crippen LogP) is 3.09. The topological polar surface area (TPSA) is 78.7 Å².